The largest absolute Gasteiger partial charge is 0.501 e. The van der Waals surface area contributed by atoms with Gasteiger partial charge in [-0.05, 0) is 31.0 Å². The Bertz CT molecular complexity index is 816. The number of halogens is 3. The van der Waals surface area contributed by atoms with Crippen molar-refractivity contribution < 1.29 is 31.2 Å². The molecule has 0 N–H and O–H groups in total. The van der Waals surface area contributed by atoms with Crippen molar-refractivity contribution in [3.63, 3.8) is 0 Å². The predicted octanol–water partition coefficient (Wildman–Crippen LogP) is 2.73. The molecule has 1 aromatic rings. The Morgan fingerprint density at radius 3 is 2.30 bits per heavy atom. The van der Waals surface area contributed by atoms with Crippen LogP contribution in [0.5, 0.6) is 0 Å². The molecular weight excluding hydrogens is 385 g/mol. The molecule has 0 aliphatic carbocycles. The standard InChI is InChI=1S/C17H21F3N2O4S/c1-3-16(24)22(13-7-9-21(10-8-13)12(2)23)14-5-4-6-15(11-14)27(25,26)17(18,19)20/h4-6,11,13H,3,7-10H2,1-2H3. The zero-order chi connectivity index (χ0) is 20.4. The Morgan fingerprint density at radius 2 is 1.81 bits per heavy atom. The average molecular weight is 406 g/mol. The Hall–Kier alpha value is -2.10. The molecule has 2 rings (SSSR count). The van der Waals surface area contributed by atoms with Crippen LogP contribution in [0.2, 0.25) is 0 Å². The lowest BCUT2D eigenvalue weighted by atomic mass is 10.0. The average Bonchev–Trinajstić information content (AvgIpc) is 2.61. The van der Waals surface area contributed by atoms with Crippen LogP contribution in [0.25, 0.3) is 0 Å². The number of nitrogens with zero attached hydrogens (tertiary/aromatic N) is 2. The molecule has 1 saturated heterocycles. The minimum atomic E-state index is -5.51. The van der Waals surface area contributed by atoms with Crippen molar-refractivity contribution in [2.24, 2.45) is 0 Å². The lowest BCUT2D eigenvalue weighted by Gasteiger charge is -2.38. The number of anilines is 1. The summed E-state index contributed by atoms with van der Waals surface area (Å²) >= 11 is 0. The fraction of sp³-hybridized carbons (Fsp3) is 0.529. The summed E-state index contributed by atoms with van der Waals surface area (Å²) in [4.78, 5) is 26.0. The van der Waals surface area contributed by atoms with E-state index in [0.717, 1.165) is 12.1 Å². The highest BCUT2D eigenvalue weighted by molar-refractivity contribution is 7.92. The molecule has 0 spiro atoms. The Kier molecular flexibility index (Phi) is 6.18. The maximum atomic E-state index is 12.8. The third-order valence-corrected chi connectivity index (χ3v) is 6.04. The molecule has 1 aromatic carbocycles. The van der Waals surface area contributed by atoms with Crippen LogP contribution in [-0.2, 0) is 19.4 Å². The van der Waals surface area contributed by atoms with Crippen molar-refractivity contribution in [2.45, 2.75) is 49.6 Å². The van der Waals surface area contributed by atoms with Gasteiger partial charge in [0.15, 0.2) is 0 Å². The molecule has 1 aliphatic rings. The van der Waals surface area contributed by atoms with Crippen LogP contribution in [0.1, 0.15) is 33.1 Å². The quantitative estimate of drug-likeness (QED) is 0.771. The summed E-state index contributed by atoms with van der Waals surface area (Å²) in [5, 5.41) is 0. The van der Waals surface area contributed by atoms with Crippen molar-refractivity contribution >= 4 is 27.3 Å². The molecule has 10 heteroatoms. The monoisotopic (exact) mass is 406 g/mol. The van der Waals surface area contributed by atoms with Gasteiger partial charge >= 0.3 is 5.51 Å². The minimum absolute atomic E-state index is 0.0833. The van der Waals surface area contributed by atoms with E-state index in [-0.39, 0.29) is 30.0 Å². The summed E-state index contributed by atoms with van der Waals surface area (Å²) in [6.45, 7) is 3.92. The highest BCUT2D eigenvalue weighted by atomic mass is 32.2. The molecule has 27 heavy (non-hydrogen) atoms. The summed E-state index contributed by atoms with van der Waals surface area (Å²) in [7, 11) is -5.51. The number of likely N-dealkylation sites (tertiary alicyclic amines) is 1. The SMILES string of the molecule is CCC(=O)N(c1cccc(S(=O)(=O)C(F)(F)F)c1)C1CCN(C(C)=O)CC1. The van der Waals surface area contributed by atoms with Crippen molar-refractivity contribution in [3.8, 4) is 0 Å². The first-order chi connectivity index (χ1) is 12.5. The zero-order valence-corrected chi connectivity index (χ0v) is 15.8. The van der Waals surface area contributed by atoms with Gasteiger partial charge in [-0.2, -0.15) is 13.2 Å². The Morgan fingerprint density at radius 1 is 1.22 bits per heavy atom. The lowest BCUT2D eigenvalue weighted by Crippen LogP contribution is -2.48. The van der Waals surface area contributed by atoms with E-state index in [1.807, 2.05) is 0 Å². The number of amides is 2. The van der Waals surface area contributed by atoms with Gasteiger partial charge in [0.25, 0.3) is 9.84 Å². The second-order valence-electron chi connectivity index (χ2n) is 6.30. The first-order valence-electron chi connectivity index (χ1n) is 8.48. The van der Waals surface area contributed by atoms with Crippen LogP contribution in [0.3, 0.4) is 0 Å². The topological polar surface area (TPSA) is 74.8 Å². The smallest absolute Gasteiger partial charge is 0.343 e. The van der Waals surface area contributed by atoms with Crippen molar-refractivity contribution in [3.05, 3.63) is 24.3 Å². The van der Waals surface area contributed by atoms with Crippen LogP contribution in [0.4, 0.5) is 18.9 Å². The van der Waals surface area contributed by atoms with E-state index >= 15 is 0 Å². The Labute approximate surface area is 155 Å². The van der Waals surface area contributed by atoms with E-state index in [4.69, 9.17) is 0 Å². The number of hydrogen-bond acceptors (Lipinski definition) is 4. The molecule has 1 fully saturated rings. The molecule has 1 heterocycles. The molecule has 6 nitrogen and oxygen atoms in total. The van der Waals surface area contributed by atoms with Crippen LogP contribution < -0.4 is 4.90 Å². The summed E-state index contributed by atoms with van der Waals surface area (Å²) in [5.74, 6) is -0.405. The molecular formula is C17H21F3N2O4S. The number of alkyl halides is 3. The van der Waals surface area contributed by atoms with Gasteiger partial charge in [-0.15, -0.1) is 0 Å². The van der Waals surface area contributed by atoms with Gasteiger partial charge in [0.2, 0.25) is 11.8 Å². The summed E-state index contributed by atoms with van der Waals surface area (Å²) < 4.78 is 61.9. The van der Waals surface area contributed by atoms with Gasteiger partial charge in [0, 0.05) is 38.2 Å². The second kappa shape index (κ2) is 7.87. The minimum Gasteiger partial charge on any atom is -0.343 e. The van der Waals surface area contributed by atoms with E-state index < -0.39 is 20.2 Å². The second-order valence-corrected chi connectivity index (χ2v) is 8.24. The summed E-state index contributed by atoms with van der Waals surface area (Å²) in [6.07, 6.45) is 1.03. The third kappa shape index (κ3) is 4.42. The van der Waals surface area contributed by atoms with Gasteiger partial charge in [0.05, 0.1) is 4.90 Å². The highest BCUT2D eigenvalue weighted by Gasteiger charge is 2.47. The van der Waals surface area contributed by atoms with Crippen molar-refractivity contribution in [1.29, 1.82) is 0 Å². The molecule has 0 aromatic heterocycles. The predicted molar refractivity (Wildman–Crippen MR) is 92.7 cm³/mol. The molecule has 1 aliphatic heterocycles. The fourth-order valence-electron chi connectivity index (χ4n) is 3.10. The molecule has 0 atom stereocenters. The number of hydrogen-bond donors (Lipinski definition) is 0. The van der Waals surface area contributed by atoms with Crippen LogP contribution in [0.15, 0.2) is 29.2 Å². The molecule has 0 unspecified atom stereocenters. The number of carbonyl (C=O) groups excluding carboxylic acids is 2. The van der Waals surface area contributed by atoms with Gasteiger partial charge < -0.3 is 9.80 Å². The van der Waals surface area contributed by atoms with Crippen molar-refractivity contribution in [1.82, 2.24) is 4.90 Å². The van der Waals surface area contributed by atoms with E-state index in [2.05, 4.69) is 0 Å². The van der Waals surface area contributed by atoms with Crippen LogP contribution >= 0.6 is 0 Å². The first kappa shape index (κ1) is 21.2. The number of carbonyl (C=O) groups is 2. The number of piperidine rings is 1. The van der Waals surface area contributed by atoms with Gasteiger partial charge in [-0.1, -0.05) is 13.0 Å². The molecule has 150 valence electrons. The maximum Gasteiger partial charge on any atom is 0.501 e. The van der Waals surface area contributed by atoms with E-state index in [9.17, 15) is 31.2 Å². The lowest BCUT2D eigenvalue weighted by molar-refractivity contribution is -0.129. The molecule has 0 saturated carbocycles. The fourth-order valence-corrected chi connectivity index (χ4v) is 3.90. The molecule has 2 amide bonds. The Balaban J connectivity index is 2.38. The first-order valence-corrected chi connectivity index (χ1v) is 9.96. The van der Waals surface area contributed by atoms with Crippen LogP contribution in [0, 0.1) is 0 Å². The third-order valence-electron chi connectivity index (χ3n) is 4.56. The van der Waals surface area contributed by atoms with Crippen molar-refractivity contribution in [2.75, 3.05) is 18.0 Å². The van der Waals surface area contributed by atoms with Gasteiger partial charge in [-0.3, -0.25) is 9.59 Å². The molecule has 0 bridgehead atoms. The van der Waals surface area contributed by atoms with E-state index in [0.29, 0.717) is 25.9 Å². The molecule has 0 radical (unpaired) electrons. The zero-order valence-electron chi connectivity index (χ0n) is 15.0. The van der Waals surface area contributed by atoms with Gasteiger partial charge in [-0.25, -0.2) is 8.42 Å². The van der Waals surface area contributed by atoms with Gasteiger partial charge in [0.1, 0.15) is 0 Å². The summed E-state index contributed by atoms with van der Waals surface area (Å²) in [6, 6.07) is 4.03. The maximum absolute atomic E-state index is 12.8. The number of benzene rings is 1. The normalized spacial score (nSPS) is 16.3. The summed E-state index contributed by atoms with van der Waals surface area (Å²) in [5.41, 5.74) is -5.31. The number of rotatable bonds is 4. The number of sulfone groups is 1. The van der Waals surface area contributed by atoms with Crippen LogP contribution in [-0.4, -0.2) is 49.8 Å². The van der Waals surface area contributed by atoms with E-state index in [1.54, 1.807) is 11.8 Å². The van der Waals surface area contributed by atoms with E-state index in [1.165, 1.54) is 24.0 Å². The highest BCUT2D eigenvalue weighted by Crippen LogP contribution is 2.33.